The van der Waals surface area contributed by atoms with Gasteiger partial charge in [0.15, 0.2) is 5.96 Å². The Labute approximate surface area is 123 Å². The SMILES string of the molecule is CCCCCN=C(NCC)N1CCCC(CC(N)=O)C1. The van der Waals surface area contributed by atoms with Crippen LogP contribution in [-0.2, 0) is 4.79 Å². The van der Waals surface area contributed by atoms with E-state index in [0.29, 0.717) is 12.3 Å². The number of unbranched alkanes of at least 4 members (excludes halogenated alkanes) is 2. The predicted molar refractivity (Wildman–Crippen MR) is 83.6 cm³/mol. The third-order valence-electron chi connectivity index (χ3n) is 3.67. The first-order chi connectivity index (χ1) is 9.67. The molecular formula is C15H30N4O. The number of likely N-dealkylation sites (tertiary alicyclic amines) is 1. The summed E-state index contributed by atoms with van der Waals surface area (Å²) in [5.74, 6) is 1.18. The number of aliphatic imine (C=N–C) groups is 1. The highest BCUT2D eigenvalue weighted by molar-refractivity contribution is 5.80. The average Bonchev–Trinajstić information content (AvgIpc) is 2.42. The van der Waals surface area contributed by atoms with Gasteiger partial charge in [0.1, 0.15) is 0 Å². The van der Waals surface area contributed by atoms with E-state index < -0.39 is 0 Å². The van der Waals surface area contributed by atoms with Gasteiger partial charge in [-0.25, -0.2) is 0 Å². The molecule has 0 aromatic carbocycles. The molecule has 1 saturated heterocycles. The van der Waals surface area contributed by atoms with E-state index in [1.54, 1.807) is 0 Å². The summed E-state index contributed by atoms with van der Waals surface area (Å²) in [6.07, 6.45) is 6.28. The predicted octanol–water partition coefficient (Wildman–Crippen LogP) is 1.73. The van der Waals surface area contributed by atoms with Gasteiger partial charge in [-0.2, -0.15) is 0 Å². The molecule has 1 unspecified atom stereocenters. The van der Waals surface area contributed by atoms with Crippen LogP contribution in [-0.4, -0.2) is 42.9 Å². The van der Waals surface area contributed by atoms with E-state index in [-0.39, 0.29) is 5.91 Å². The number of amides is 1. The van der Waals surface area contributed by atoms with Crippen LogP contribution < -0.4 is 11.1 Å². The number of hydrogen-bond donors (Lipinski definition) is 2. The fourth-order valence-electron chi connectivity index (χ4n) is 2.68. The van der Waals surface area contributed by atoms with Gasteiger partial charge in [-0.1, -0.05) is 19.8 Å². The molecule has 1 heterocycles. The first-order valence-corrected chi connectivity index (χ1v) is 7.98. The number of piperidine rings is 1. The molecule has 3 N–H and O–H groups in total. The van der Waals surface area contributed by atoms with E-state index in [1.807, 2.05) is 0 Å². The van der Waals surface area contributed by atoms with E-state index in [4.69, 9.17) is 10.7 Å². The van der Waals surface area contributed by atoms with Gasteiger partial charge in [-0.3, -0.25) is 9.79 Å². The van der Waals surface area contributed by atoms with Crippen molar-refractivity contribution in [3.63, 3.8) is 0 Å². The van der Waals surface area contributed by atoms with Crippen molar-refractivity contribution in [3.05, 3.63) is 0 Å². The maximum Gasteiger partial charge on any atom is 0.217 e. The van der Waals surface area contributed by atoms with Gasteiger partial charge < -0.3 is 16.0 Å². The Morgan fingerprint density at radius 2 is 2.20 bits per heavy atom. The van der Waals surface area contributed by atoms with Gasteiger partial charge in [0, 0.05) is 32.6 Å². The van der Waals surface area contributed by atoms with Crippen molar-refractivity contribution in [2.45, 2.75) is 52.4 Å². The minimum Gasteiger partial charge on any atom is -0.370 e. The summed E-state index contributed by atoms with van der Waals surface area (Å²) in [6.45, 7) is 7.97. The van der Waals surface area contributed by atoms with E-state index >= 15 is 0 Å². The van der Waals surface area contributed by atoms with Crippen LogP contribution in [0.5, 0.6) is 0 Å². The number of nitrogens with zero attached hydrogens (tertiary/aromatic N) is 2. The lowest BCUT2D eigenvalue weighted by Crippen LogP contribution is -2.47. The maximum absolute atomic E-state index is 11.1. The van der Waals surface area contributed by atoms with Crippen LogP contribution in [0.2, 0.25) is 0 Å². The van der Waals surface area contributed by atoms with Crippen molar-refractivity contribution in [2.24, 2.45) is 16.6 Å². The lowest BCUT2D eigenvalue weighted by molar-refractivity contribution is -0.119. The number of nitrogens with two attached hydrogens (primary N) is 1. The quantitative estimate of drug-likeness (QED) is 0.424. The van der Waals surface area contributed by atoms with Gasteiger partial charge in [-0.05, 0) is 32.1 Å². The van der Waals surface area contributed by atoms with Gasteiger partial charge in [-0.15, -0.1) is 0 Å². The number of carbonyl (C=O) groups excluding carboxylic acids is 1. The van der Waals surface area contributed by atoms with Crippen molar-refractivity contribution < 1.29 is 4.79 Å². The summed E-state index contributed by atoms with van der Waals surface area (Å²) < 4.78 is 0. The van der Waals surface area contributed by atoms with Crippen molar-refractivity contribution in [2.75, 3.05) is 26.2 Å². The number of hydrogen-bond acceptors (Lipinski definition) is 2. The van der Waals surface area contributed by atoms with Gasteiger partial charge in [0.25, 0.3) is 0 Å². The molecule has 0 aromatic heterocycles. The Balaban J connectivity index is 2.53. The van der Waals surface area contributed by atoms with Crippen molar-refractivity contribution >= 4 is 11.9 Å². The number of carbonyl (C=O) groups is 1. The Morgan fingerprint density at radius 3 is 2.85 bits per heavy atom. The van der Waals surface area contributed by atoms with Crippen LogP contribution >= 0.6 is 0 Å². The summed E-state index contributed by atoms with van der Waals surface area (Å²) in [5, 5.41) is 3.36. The molecule has 5 nitrogen and oxygen atoms in total. The van der Waals surface area contributed by atoms with E-state index in [9.17, 15) is 4.79 Å². The molecule has 1 fully saturated rings. The number of guanidine groups is 1. The molecule has 0 aromatic rings. The summed E-state index contributed by atoms with van der Waals surface area (Å²) in [5.41, 5.74) is 5.31. The molecule has 1 aliphatic rings. The second kappa shape index (κ2) is 9.61. The van der Waals surface area contributed by atoms with Gasteiger partial charge in [0.05, 0.1) is 0 Å². The van der Waals surface area contributed by atoms with Crippen LogP contribution in [0.25, 0.3) is 0 Å². The monoisotopic (exact) mass is 282 g/mol. The topological polar surface area (TPSA) is 70.7 Å². The number of primary amides is 1. The van der Waals surface area contributed by atoms with Gasteiger partial charge in [0.2, 0.25) is 5.91 Å². The van der Waals surface area contributed by atoms with E-state index in [1.165, 1.54) is 12.8 Å². The van der Waals surface area contributed by atoms with Crippen LogP contribution in [0.4, 0.5) is 0 Å². The fourth-order valence-corrected chi connectivity index (χ4v) is 2.68. The number of nitrogens with one attached hydrogen (secondary N) is 1. The Morgan fingerprint density at radius 1 is 1.40 bits per heavy atom. The molecule has 116 valence electrons. The zero-order chi connectivity index (χ0) is 14.8. The molecule has 0 aliphatic carbocycles. The number of rotatable bonds is 7. The first kappa shape index (κ1) is 16.8. The molecule has 1 amide bonds. The van der Waals surface area contributed by atoms with Crippen LogP contribution in [0, 0.1) is 5.92 Å². The Hall–Kier alpha value is -1.26. The van der Waals surface area contributed by atoms with Crippen molar-refractivity contribution in [1.82, 2.24) is 10.2 Å². The highest BCUT2D eigenvalue weighted by Crippen LogP contribution is 2.19. The molecule has 5 heteroatoms. The molecule has 1 rings (SSSR count). The summed E-state index contributed by atoms with van der Waals surface area (Å²) >= 11 is 0. The molecular weight excluding hydrogens is 252 g/mol. The molecule has 0 spiro atoms. The van der Waals surface area contributed by atoms with Crippen molar-refractivity contribution in [1.29, 1.82) is 0 Å². The Bertz CT molecular complexity index is 317. The normalized spacial score (nSPS) is 20.0. The van der Waals surface area contributed by atoms with E-state index in [0.717, 1.165) is 51.4 Å². The fraction of sp³-hybridized carbons (Fsp3) is 0.867. The van der Waals surface area contributed by atoms with Gasteiger partial charge >= 0.3 is 0 Å². The zero-order valence-electron chi connectivity index (χ0n) is 13.0. The molecule has 1 aliphatic heterocycles. The molecule has 0 saturated carbocycles. The molecule has 0 radical (unpaired) electrons. The molecule has 20 heavy (non-hydrogen) atoms. The van der Waals surface area contributed by atoms with Crippen LogP contribution in [0.1, 0.15) is 52.4 Å². The largest absolute Gasteiger partial charge is 0.370 e. The second-order valence-electron chi connectivity index (χ2n) is 5.57. The third-order valence-corrected chi connectivity index (χ3v) is 3.67. The minimum absolute atomic E-state index is 0.193. The minimum atomic E-state index is -0.193. The molecule has 1 atom stereocenters. The summed E-state index contributed by atoms with van der Waals surface area (Å²) in [4.78, 5) is 18.1. The first-order valence-electron chi connectivity index (χ1n) is 7.98. The molecule has 0 bridgehead atoms. The highest BCUT2D eigenvalue weighted by Gasteiger charge is 2.23. The maximum atomic E-state index is 11.1. The van der Waals surface area contributed by atoms with Crippen molar-refractivity contribution in [3.8, 4) is 0 Å². The lowest BCUT2D eigenvalue weighted by Gasteiger charge is -2.34. The summed E-state index contributed by atoms with van der Waals surface area (Å²) in [7, 11) is 0. The standard InChI is InChI=1S/C15H30N4O/c1-3-5-6-9-18-15(17-4-2)19-10-7-8-13(12-19)11-14(16)20/h13H,3-12H2,1-2H3,(H2,16,20)(H,17,18). The van der Waals surface area contributed by atoms with Crippen LogP contribution in [0.3, 0.4) is 0 Å². The average molecular weight is 282 g/mol. The van der Waals surface area contributed by atoms with E-state index in [2.05, 4.69) is 24.1 Å². The van der Waals surface area contributed by atoms with Crippen LogP contribution in [0.15, 0.2) is 4.99 Å². The summed E-state index contributed by atoms with van der Waals surface area (Å²) in [6, 6.07) is 0. The second-order valence-corrected chi connectivity index (χ2v) is 5.57. The lowest BCUT2D eigenvalue weighted by atomic mass is 9.95. The zero-order valence-corrected chi connectivity index (χ0v) is 13.0. The third kappa shape index (κ3) is 6.26. The Kier molecular flexibility index (Phi) is 8.07. The highest BCUT2D eigenvalue weighted by atomic mass is 16.1. The smallest absolute Gasteiger partial charge is 0.217 e.